The Morgan fingerprint density at radius 1 is 1.30 bits per heavy atom. The lowest BCUT2D eigenvalue weighted by Gasteiger charge is -2.33. The number of nitrogens with two attached hydrogens (primary N) is 1. The number of anilines is 2. The molecule has 2 heterocycles. The van der Waals surface area contributed by atoms with Crippen molar-refractivity contribution in [3.63, 3.8) is 0 Å². The first kappa shape index (κ1) is 13.2. The molecule has 2 aromatic rings. The van der Waals surface area contributed by atoms with Crippen molar-refractivity contribution in [2.45, 2.75) is 19.3 Å². The Morgan fingerprint density at radius 2 is 2.20 bits per heavy atom. The molecule has 1 unspecified atom stereocenters. The molecule has 1 aliphatic heterocycles. The molecule has 1 fully saturated rings. The minimum absolute atomic E-state index is 0.281. The van der Waals surface area contributed by atoms with Crippen molar-refractivity contribution in [3.05, 3.63) is 30.3 Å². The van der Waals surface area contributed by atoms with E-state index in [0.717, 1.165) is 41.9 Å². The van der Waals surface area contributed by atoms with E-state index in [2.05, 4.69) is 17.0 Å². The molecule has 4 nitrogen and oxygen atoms in total. The molecule has 0 aliphatic carbocycles. The summed E-state index contributed by atoms with van der Waals surface area (Å²) in [7, 11) is 0. The summed E-state index contributed by atoms with van der Waals surface area (Å²) in [4.78, 5) is 7.08. The fourth-order valence-corrected chi connectivity index (χ4v) is 3.00. The summed E-state index contributed by atoms with van der Waals surface area (Å²) in [5.41, 5.74) is 7.55. The number of rotatable bonds is 3. The second kappa shape index (κ2) is 5.67. The second-order valence-electron chi connectivity index (χ2n) is 5.59. The van der Waals surface area contributed by atoms with Gasteiger partial charge in [0.1, 0.15) is 5.82 Å². The molecule has 106 valence electrons. The topological polar surface area (TPSA) is 62.4 Å². The van der Waals surface area contributed by atoms with Gasteiger partial charge in [-0.1, -0.05) is 0 Å². The van der Waals surface area contributed by atoms with Crippen molar-refractivity contribution in [3.8, 4) is 0 Å². The van der Waals surface area contributed by atoms with Crippen molar-refractivity contribution in [1.82, 2.24) is 4.98 Å². The van der Waals surface area contributed by atoms with Crippen LogP contribution in [0.2, 0.25) is 0 Å². The highest BCUT2D eigenvalue weighted by molar-refractivity contribution is 5.83. The maximum atomic E-state index is 9.10. The zero-order valence-corrected chi connectivity index (χ0v) is 11.6. The third kappa shape index (κ3) is 2.70. The maximum Gasteiger partial charge on any atom is 0.129 e. The van der Waals surface area contributed by atoms with E-state index in [1.54, 1.807) is 0 Å². The highest BCUT2D eigenvalue weighted by Crippen LogP contribution is 2.25. The predicted octanol–water partition coefficient (Wildman–Crippen LogP) is 2.42. The molecule has 1 aliphatic rings. The van der Waals surface area contributed by atoms with Crippen LogP contribution < -0.4 is 10.6 Å². The number of aliphatic hydroxyl groups is 1. The summed E-state index contributed by atoms with van der Waals surface area (Å²) >= 11 is 0. The fraction of sp³-hybridized carbons (Fsp3) is 0.438. The molecule has 0 amide bonds. The number of nitrogens with zero attached hydrogens (tertiary/aromatic N) is 2. The van der Waals surface area contributed by atoms with E-state index in [4.69, 9.17) is 15.8 Å². The number of piperidine rings is 1. The van der Waals surface area contributed by atoms with Crippen LogP contribution in [-0.2, 0) is 0 Å². The van der Waals surface area contributed by atoms with Gasteiger partial charge in [0, 0.05) is 30.8 Å². The molecular formula is C16H21N3O. The van der Waals surface area contributed by atoms with Crippen molar-refractivity contribution in [1.29, 1.82) is 0 Å². The van der Waals surface area contributed by atoms with Crippen LogP contribution in [0.3, 0.4) is 0 Å². The van der Waals surface area contributed by atoms with Gasteiger partial charge in [-0.05, 0) is 55.5 Å². The Balaban J connectivity index is 1.84. The summed E-state index contributed by atoms with van der Waals surface area (Å²) in [6, 6.07) is 9.98. The number of aliphatic hydroxyl groups excluding tert-OH is 1. The van der Waals surface area contributed by atoms with E-state index in [1.807, 2.05) is 18.2 Å². The molecule has 0 bridgehead atoms. The van der Waals surface area contributed by atoms with Crippen LogP contribution in [0, 0.1) is 5.92 Å². The average Bonchev–Trinajstić information content (AvgIpc) is 2.47. The second-order valence-corrected chi connectivity index (χ2v) is 5.59. The molecule has 20 heavy (non-hydrogen) atoms. The smallest absolute Gasteiger partial charge is 0.129 e. The van der Waals surface area contributed by atoms with Crippen LogP contribution in [-0.4, -0.2) is 29.8 Å². The van der Waals surface area contributed by atoms with Gasteiger partial charge in [0.2, 0.25) is 0 Å². The summed E-state index contributed by atoms with van der Waals surface area (Å²) in [6.45, 7) is 2.33. The highest BCUT2D eigenvalue weighted by atomic mass is 16.3. The lowest BCUT2D eigenvalue weighted by molar-refractivity contribution is 0.244. The van der Waals surface area contributed by atoms with Gasteiger partial charge >= 0.3 is 0 Å². The van der Waals surface area contributed by atoms with Gasteiger partial charge in [0.15, 0.2) is 0 Å². The van der Waals surface area contributed by atoms with Crippen molar-refractivity contribution >= 4 is 22.4 Å². The van der Waals surface area contributed by atoms with Gasteiger partial charge in [-0.3, -0.25) is 0 Å². The maximum absolute atomic E-state index is 9.10. The van der Waals surface area contributed by atoms with Crippen LogP contribution >= 0.6 is 0 Å². The Morgan fingerprint density at radius 3 is 3.05 bits per heavy atom. The summed E-state index contributed by atoms with van der Waals surface area (Å²) in [5, 5.41) is 10.2. The normalized spacial score (nSPS) is 19.4. The van der Waals surface area contributed by atoms with Crippen LogP contribution in [0.15, 0.2) is 30.3 Å². The Bertz CT molecular complexity index is 597. The van der Waals surface area contributed by atoms with Gasteiger partial charge in [0.05, 0.1) is 5.52 Å². The van der Waals surface area contributed by atoms with Crippen molar-refractivity contribution in [2.24, 2.45) is 5.92 Å². The molecule has 0 radical (unpaired) electrons. The average molecular weight is 271 g/mol. The molecule has 0 spiro atoms. The van der Waals surface area contributed by atoms with Crippen LogP contribution in [0.1, 0.15) is 19.3 Å². The van der Waals surface area contributed by atoms with Crippen LogP contribution in [0.5, 0.6) is 0 Å². The largest absolute Gasteiger partial charge is 0.399 e. The highest BCUT2D eigenvalue weighted by Gasteiger charge is 2.20. The Labute approximate surface area is 119 Å². The van der Waals surface area contributed by atoms with Crippen LogP contribution in [0.4, 0.5) is 11.5 Å². The molecule has 1 saturated heterocycles. The summed E-state index contributed by atoms with van der Waals surface area (Å²) in [5.74, 6) is 1.61. The van der Waals surface area contributed by atoms with E-state index >= 15 is 0 Å². The number of nitrogen functional groups attached to an aromatic ring is 1. The van der Waals surface area contributed by atoms with E-state index in [0.29, 0.717) is 5.92 Å². The number of fused-ring (bicyclic) bond motifs is 1. The first-order chi connectivity index (χ1) is 9.76. The molecule has 4 heteroatoms. The molecular weight excluding hydrogens is 250 g/mol. The molecule has 1 aromatic carbocycles. The lowest BCUT2D eigenvalue weighted by Crippen LogP contribution is -2.36. The molecule has 3 rings (SSSR count). The molecule has 1 atom stereocenters. The number of aromatic nitrogens is 1. The van der Waals surface area contributed by atoms with Gasteiger partial charge in [0.25, 0.3) is 0 Å². The van der Waals surface area contributed by atoms with Gasteiger partial charge in [-0.2, -0.15) is 0 Å². The summed E-state index contributed by atoms with van der Waals surface area (Å²) in [6.07, 6.45) is 3.27. The number of hydrogen-bond donors (Lipinski definition) is 2. The SMILES string of the molecule is Nc1ccc2nc(N3CCCC(CCO)C3)ccc2c1. The fourth-order valence-electron chi connectivity index (χ4n) is 3.00. The minimum atomic E-state index is 0.281. The molecule has 3 N–H and O–H groups in total. The number of benzene rings is 1. The quantitative estimate of drug-likeness (QED) is 0.842. The van der Waals surface area contributed by atoms with Crippen molar-refractivity contribution in [2.75, 3.05) is 30.3 Å². The van der Waals surface area contributed by atoms with E-state index in [9.17, 15) is 0 Å². The van der Waals surface area contributed by atoms with Gasteiger partial charge in [-0.25, -0.2) is 4.98 Å². The van der Waals surface area contributed by atoms with E-state index in [-0.39, 0.29) is 6.61 Å². The zero-order chi connectivity index (χ0) is 13.9. The van der Waals surface area contributed by atoms with Gasteiger partial charge < -0.3 is 15.7 Å². The predicted molar refractivity (Wildman–Crippen MR) is 82.8 cm³/mol. The van der Waals surface area contributed by atoms with Gasteiger partial charge in [-0.15, -0.1) is 0 Å². The van der Waals surface area contributed by atoms with Crippen molar-refractivity contribution < 1.29 is 5.11 Å². The van der Waals surface area contributed by atoms with Crippen LogP contribution in [0.25, 0.3) is 10.9 Å². The first-order valence-electron chi connectivity index (χ1n) is 7.28. The molecule has 1 aromatic heterocycles. The monoisotopic (exact) mass is 271 g/mol. The van der Waals surface area contributed by atoms with E-state index in [1.165, 1.54) is 12.8 Å². The zero-order valence-electron chi connectivity index (χ0n) is 11.6. The molecule has 0 saturated carbocycles. The number of pyridine rings is 1. The third-order valence-electron chi connectivity index (χ3n) is 4.08. The first-order valence-corrected chi connectivity index (χ1v) is 7.28. The summed E-state index contributed by atoms with van der Waals surface area (Å²) < 4.78 is 0. The van der Waals surface area contributed by atoms with E-state index < -0.39 is 0 Å². The minimum Gasteiger partial charge on any atom is -0.399 e. The number of hydrogen-bond acceptors (Lipinski definition) is 4. The third-order valence-corrected chi connectivity index (χ3v) is 4.08. The lowest BCUT2D eigenvalue weighted by atomic mass is 9.95. The Kier molecular flexibility index (Phi) is 3.74. The Hall–Kier alpha value is -1.81. The standard InChI is InChI=1S/C16H21N3O/c17-14-4-5-15-13(10-14)3-6-16(18-15)19-8-1-2-12(11-19)7-9-20/h3-6,10,12,20H,1-2,7-9,11,17H2.